The highest BCUT2D eigenvalue weighted by molar-refractivity contribution is 6.35. The third-order valence-electron chi connectivity index (χ3n) is 3.30. The summed E-state index contributed by atoms with van der Waals surface area (Å²) in [5.41, 5.74) is 2.25. The Hall–Kier alpha value is -1.03. The minimum Gasteiger partial charge on any atom is -0.308 e. The first kappa shape index (κ1) is 15.4. The zero-order chi connectivity index (χ0) is 14.5. The van der Waals surface area contributed by atoms with Crippen LogP contribution in [0.25, 0.3) is 0 Å². The molecule has 1 heterocycles. The number of aromatic nitrogens is 2. The molecular weight excluding hydrogens is 293 g/mol. The lowest BCUT2D eigenvalue weighted by atomic mass is 10.0. The molecule has 0 aliphatic carbocycles. The summed E-state index contributed by atoms with van der Waals surface area (Å²) in [6.07, 6.45) is 3.72. The van der Waals surface area contributed by atoms with E-state index in [1.54, 1.807) is 6.07 Å². The molecule has 1 N–H and O–H groups in total. The lowest BCUT2D eigenvalue weighted by molar-refractivity contribution is 0.493. The predicted octanol–water partition coefficient (Wildman–Crippen LogP) is 4.01. The van der Waals surface area contributed by atoms with Crippen LogP contribution in [0.15, 0.2) is 30.5 Å². The summed E-state index contributed by atoms with van der Waals surface area (Å²) in [6, 6.07) is 7.89. The highest BCUT2D eigenvalue weighted by Crippen LogP contribution is 2.26. The van der Waals surface area contributed by atoms with Gasteiger partial charge in [-0.1, -0.05) is 36.2 Å². The molecule has 0 bridgehead atoms. The highest BCUT2D eigenvalue weighted by Gasteiger charge is 2.16. The number of rotatable bonds is 6. The fourth-order valence-corrected chi connectivity index (χ4v) is 2.72. The number of hydrogen-bond donors (Lipinski definition) is 1. The Morgan fingerprint density at radius 1 is 1.30 bits per heavy atom. The van der Waals surface area contributed by atoms with Crippen LogP contribution < -0.4 is 5.32 Å². The van der Waals surface area contributed by atoms with Gasteiger partial charge in [-0.15, -0.1) is 0 Å². The van der Waals surface area contributed by atoms with Crippen molar-refractivity contribution < 1.29 is 0 Å². The Kier molecular flexibility index (Phi) is 5.46. The Morgan fingerprint density at radius 3 is 2.70 bits per heavy atom. The maximum Gasteiger partial charge on any atom is 0.0553 e. The van der Waals surface area contributed by atoms with Crippen molar-refractivity contribution in [2.75, 3.05) is 6.54 Å². The van der Waals surface area contributed by atoms with Gasteiger partial charge in [0.15, 0.2) is 0 Å². The molecule has 3 nitrogen and oxygen atoms in total. The molecule has 20 heavy (non-hydrogen) atoms. The van der Waals surface area contributed by atoms with E-state index < -0.39 is 0 Å². The summed E-state index contributed by atoms with van der Waals surface area (Å²) in [6.45, 7) is 3.11. The molecule has 0 radical (unpaired) electrons. The monoisotopic (exact) mass is 311 g/mol. The van der Waals surface area contributed by atoms with Crippen LogP contribution in [0, 0.1) is 0 Å². The van der Waals surface area contributed by atoms with E-state index in [-0.39, 0.29) is 6.04 Å². The first-order valence-electron chi connectivity index (χ1n) is 6.77. The van der Waals surface area contributed by atoms with E-state index in [1.165, 1.54) is 0 Å². The molecular formula is C15H19Cl2N3. The smallest absolute Gasteiger partial charge is 0.0553 e. The van der Waals surface area contributed by atoms with Crippen LogP contribution >= 0.6 is 23.2 Å². The SMILES string of the molecule is CCCNC(Cc1ccc(Cl)cc1Cl)c1ccnn1C. The molecule has 2 rings (SSSR count). The van der Waals surface area contributed by atoms with E-state index in [1.807, 2.05) is 36.1 Å². The zero-order valence-electron chi connectivity index (χ0n) is 11.7. The summed E-state index contributed by atoms with van der Waals surface area (Å²) < 4.78 is 1.90. The molecule has 5 heteroatoms. The van der Waals surface area contributed by atoms with Crippen LogP contribution in [0.1, 0.15) is 30.6 Å². The van der Waals surface area contributed by atoms with Gasteiger partial charge in [0.2, 0.25) is 0 Å². The average molecular weight is 312 g/mol. The topological polar surface area (TPSA) is 29.9 Å². The Labute approximate surface area is 129 Å². The molecule has 0 saturated carbocycles. The lowest BCUT2D eigenvalue weighted by Crippen LogP contribution is -2.26. The minimum absolute atomic E-state index is 0.195. The van der Waals surface area contributed by atoms with Crippen molar-refractivity contribution in [3.8, 4) is 0 Å². The van der Waals surface area contributed by atoms with Gasteiger partial charge in [-0.25, -0.2) is 0 Å². The van der Waals surface area contributed by atoms with Crippen LogP contribution in [-0.4, -0.2) is 16.3 Å². The number of halogens is 2. The predicted molar refractivity (Wildman–Crippen MR) is 84.4 cm³/mol. The molecule has 1 unspecified atom stereocenters. The largest absolute Gasteiger partial charge is 0.308 e. The molecule has 0 amide bonds. The van der Waals surface area contributed by atoms with Crippen molar-refractivity contribution in [1.29, 1.82) is 0 Å². The maximum absolute atomic E-state index is 6.27. The van der Waals surface area contributed by atoms with Crippen molar-refractivity contribution >= 4 is 23.2 Å². The Balaban J connectivity index is 2.21. The molecule has 0 spiro atoms. The van der Waals surface area contributed by atoms with Crippen molar-refractivity contribution in [2.24, 2.45) is 7.05 Å². The quantitative estimate of drug-likeness (QED) is 0.873. The second-order valence-electron chi connectivity index (χ2n) is 4.83. The summed E-state index contributed by atoms with van der Waals surface area (Å²) in [5, 5.41) is 9.17. The first-order chi connectivity index (χ1) is 9.61. The van der Waals surface area contributed by atoms with Crippen molar-refractivity contribution in [3.05, 3.63) is 51.8 Å². The van der Waals surface area contributed by atoms with Gasteiger partial charge in [-0.05, 0) is 43.1 Å². The van der Waals surface area contributed by atoms with Gasteiger partial charge < -0.3 is 5.32 Å². The van der Waals surface area contributed by atoms with Crippen molar-refractivity contribution in [2.45, 2.75) is 25.8 Å². The van der Waals surface area contributed by atoms with Gasteiger partial charge in [-0.3, -0.25) is 4.68 Å². The van der Waals surface area contributed by atoms with Gasteiger partial charge in [0.05, 0.1) is 11.7 Å². The molecule has 0 aliphatic heterocycles. The van der Waals surface area contributed by atoms with Crippen LogP contribution in [0.2, 0.25) is 10.0 Å². The van der Waals surface area contributed by atoms with Crippen LogP contribution in [0.4, 0.5) is 0 Å². The average Bonchev–Trinajstić information content (AvgIpc) is 2.83. The van der Waals surface area contributed by atoms with Gasteiger partial charge >= 0.3 is 0 Å². The molecule has 2 aromatic rings. The molecule has 1 aromatic heterocycles. The molecule has 1 atom stereocenters. The van der Waals surface area contributed by atoms with Crippen LogP contribution in [-0.2, 0) is 13.5 Å². The lowest BCUT2D eigenvalue weighted by Gasteiger charge is -2.19. The number of aryl methyl sites for hydroxylation is 1. The molecule has 0 fully saturated rings. The third kappa shape index (κ3) is 3.75. The van der Waals surface area contributed by atoms with Gasteiger partial charge in [0, 0.05) is 23.3 Å². The fourth-order valence-electron chi connectivity index (χ4n) is 2.23. The van der Waals surface area contributed by atoms with Crippen LogP contribution in [0.5, 0.6) is 0 Å². The molecule has 108 valence electrons. The second-order valence-corrected chi connectivity index (χ2v) is 5.67. The Bertz CT molecular complexity index is 566. The number of nitrogens with zero attached hydrogens (tertiary/aromatic N) is 2. The molecule has 0 saturated heterocycles. The third-order valence-corrected chi connectivity index (χ3v) is 3.88. The van der Waals surface area contributed by atoms with Gasteiger partial charge in [0.1, 0.15) is 0 Å². The van der Waals surface area contributed by atoms with Crippen molar-refractivity contribution in [3.63, 3.8) is 0 Å². The normalized spacial score (nSPS) is 12.6. The van der Waals surface area contributed by atoms with Crippen LogP contribution in [0.3, 0.4) is 0 Å². The summed E-state index contributed by atoms with van der Waals surface area (Å²) >= 11 is 12.2. The molecule has 1 aromatic carbocycles. The van der Waals surface area contributed by atoms with E-state index in [0.29, 0.717) is 10.0 Å². The highest BCUT2D eigenvalue weighted by atomic mass is 35.5. The summed E-state index contributed by atoms with van der Waals surface area (Å²) in [4.78, 5) is 0. The fraction of sp³-hybridized carbons (Fsp3) is 0.400. The van der Waals surface area contributed by atoms with E-state index >= 15 is 0 Å². The standard InChI is InChI=1S/C15H19Cl2N3/c1-3-7-18-14(15-6-8-19-20(15)2)9-11-4-5-12(16)10-13(11)17/h4-6,8,10,14,18H,3,7,9H2,1-2H3. The Morgan fingerprint density at radius 2 is 2.10 bits per heavy atom. The molecule has 0 aliphatic rings. The van der Waals surface area contributed by atoms with Gasteiger partial charge in [-0.2, -0.15) is 5.10 Å². The van der Waals surface area contributed by atoms with E-state index in [2.05, 4.69) is 17.3 Å². The summed E-state index contributed by atoms with van der Waals surface area (Å²) in [7, 11) is 1.96. The van der Waals surface area contributed by atoms with E-state index in [0.717, 1.165) is 30.6 Å². The number of nitrogens with one attached hydrogen (secondary N) is 1. The van der Waals surface area contributed by atoms with E-state index in [4.69, 9.17) is 23.2 Å². The van der Waals surface area contributed by atoms with Gasteiger partial charge in [0.25, 0.3) is 0 Å². The number of hydrogen-bond acceptors (Lipinski definition) is 2. The zero-order valence-corrected chi connectivity index (χ0v) is 13.2. The van der Waals surface area contributed by atoms with Crippen molar-refractivity contribution in [1.82, 2.24) is 15.1 Å². The second kappa shape index (κ2) is 7.11. The van der Waals surface area contributed by atoms with E-state index in [9.17, 15) is 0 Å². The minimum atomic E-state index is 0.195. The number of benzene rings is 1. The summed E-state index contributed by atoms with van der Waals surface area (Å²) in [5.74, 6) is 0. The first-order valence-corrected chi connectivity index (χ1v) is 7.52. The maximum atomic E-state index is 6.27.